The van der Waals surface area contributed by atoms with E-state index in [0.29, 0.717) is 33.5 Å². The molecular weight excluding hydrogens is 383 g/mol. The monoisotopic (exact) mass is 396 g/mol. The van der Waals surface area contributed by atoms with Crippen molar-refractivity contribution in [3.63, 3.8) is 0 Å². The highest BCUT2D eigenvalue weighted by atomic mass is 35.5. The molecule has 0 saturated heterocycles. The average Bonchev–Trinajstić information content (AvgIpc) is 3.15. The van der Waals surface area contributed by atoms with Crippen LogP contribution in [0.5, 0.6) is 5.75 Å². The van der Waals surface area contributed by atoms with Crippen LogP contribution >= 0.6 is 11.6 Å². The summed E-state index contributed by atoms with van der Waals surface area (Å²) in [7, 11) is 1.46. The molecule has 0 unspecified atom stereocenters. The highest BCUT2D eigenvalue weighted by Crippen LogP contribution is 2.28. The van der Waals surface area contributed by atoms with Gasteiger partial charge >= 0.3 is 0 Å². The van der Waals surface area contributed by atoms with E-state index in [-0.39, 0.29) is 11.4 Å². The molecule has 1 heterocycles. The Hall–Kier alpha value is -3.56. The number of furan rings is 1. The molecule has 1 N–H and O–H groups in total. The number of carbonyl (C=O) groups is 1. The van der Waals surface area contributed by atoms with E-state index in [1.54, 1.807) is 36.4 Å². The second kappa shape index (κ2) is 8.42. The molecule has 3 aromatic rings. The van der Waals surface area contributed by atoms with Gasteiger partial charge in [0.15, 0.2) is 0 Å². The number of ether oxygens (including phenoxy) is 1. The number of nitriles is 1. The fraction of sp³-hybridized carbons (Fsp3) is 0.0476. The molecular formula is C21H14ClFN2O3. The lowest BCUT2D eigenvalue weighted by Crippen LogP contribution is -2.14. The van der Waals surface area contributed by atoms with Gasteiger partial charge in [0.25, 0.3) is 5.91 Å². The normalized spacial score (nSPS) is 11.0. The van der Waals surface area contributed by atoms with Crippen LogP contribution in [0.2, 0.25) is 5.02 Å². The summed E-state index contributed by atoms with van der Waals surface area (Å²) in [6.45, 7) is 0. The van der Waals surface area contributed by atoms with E-state index in [2.05, 4.69) is 5.32 Å². The maximum absolute atomic E-state index is 13.0. The Bertz CT molecular complexity index is 1080. The smallest absolute Gasteiger partial charge is 0.266 e. The molecule has 5 nitrogen and oxygen atoms in total. The lowest BCUT2D eigenvalue weighted by Gasteiger charge is -2.09. The number of amides is 1. The van der Waals surface area contributed by atoms with Crippen LogP contribution in [-0.2, 0) is 4.79 Å². The van der Waals surface area contributed by atoms with E-state index in [9.17, 15) is 14.4 Å². The summed E-state index contributed by atoms with van der Waals surface area (Å²) in [5.41, 5.74) is 0.849. The fourth-order valence-corrected chi connectivity index (χ4v) is 2.63. The van der Waals surface area contributed by atoms with Gasteiger partial charge in [0.1, 0.15) is 34.7 Å². The first-order valence-corrected chi connectivity index (χ1v) is 8.50. The molecule has 0 saturated carbocycles. The van der Waals surface area contributed by atoms with Gasteiger partial charge in [-0.2, -0.15) is 5.26 Å². The number of carbonyl (C=O) groups excluding carboxylic acids is 1. The number of hydrogen-bond acceptors (Lipinski definition) is 4. The van der Waals surface area contributed by atoms with Crippen LogP contribution in [0.3, 0.4) is 0 Å². The van der Waals surface area contributed by atoms with E-state index >= 15 is 0 Å². The Labute approximate surface area is 165 Å². The van der Waals surface area contributed by atoms with E-state index in [4.69, 9.17) is 20.8 Å². The van der Waals surface area contributed by atoms with Crippen molar-refractivity contribution in [2.75, 3.05) is 12.4 Å². The number of methoxy groups -OCH3 is 1. The minimum Gasteiger partial charge on any atom is -0.495 e. The number of nitrogens with zero attached hydrogens (tertiary/aromatic N) is 1. The molecule has 0 fully saturated rings. The molecule has 140 valence electrons. The van der Waals surface area contributed by atoms with E-state index in [1.165, 1.54) is 31.4 Å². The molecule has 2 aromatic carbocycles. The zero-order valence-electron chi connectivity index (χ0n) is 14.7. The lowest BCUT2D eigenvalue weighted by molar-refractivity contribution is -0.112. The van der Waals surface area contributed by atoms with E-state index in [0.717, 1.165) is 0 Å². The summed E-state index contributed by atoms with van der Waals surface area (Å²) < 4.78 is 23.8. The van der Waals surface area contributed by atoms with Crippen LogP contribution in [0.15, 0.2) is 64.6 Å². The van der Waals surface area contributed by atoms with Gasteiger partial charge in [-0.1, -0.05) is 11.6 Å². The molecule has 1 amide bonds. The molecule has 0 radical (unpaired) electrons. The molecule has 3 rings (SSSR count). The zero-order valence-corrected chi connectivity index (χ0v) is 15.5. The van der Waals surface area contributed by atoms with Crippen molar-refractivity contribution in [1.29, 1.82) is 5.26 Å². The molecule has 1 aromatic heterocycles. The van der Waals surface area contributed by atoms with Gasteiger partial charge in [-0.25, -0.2) is 4.39 Å². The van der Waals surface area contributed by atoms with Crippen LogP contribution < -0.4 is 10.1 Å². The van der Waals surface area contributed by atoms with Crippen LogP contribution in [0, 0.1) is 17.1 Å². The lowest BCUT2D eigenvalue weighted by atomic mass is 10.2. The Morgan fingerprint density at radius 2 is 1.96 bits per heavy atom. The largest absolute Gasteiger partial charge is 0.495 e. The standard InChI is InChI=1S/C21H14ClFN2O3/c1-27-20-8-4-15(22)11-18(20)25-21(26)14(12-24)10-17-7-9-19(28-17)13-2-5-16(23)6-3-13/h2-11H,1H3,(H,25,26)/b14-10+. The van der Waals surface area contributed by atoms with Gasteiger partial charge in [0, 0.05) is 16.7 Å². The van der Waals surface area contributed by atoms with Crippen molar-refractivity contribution in [2.45, 2.75) is 0 Å². The highest BCUT2D eigenvalue weighted by molar-refractivity contribution is 6.31. The first kappa shape index (κ1) is 19.2. The van der Waals surface area contributed by atoms with Crippen LogP contribution in [-0.4, -0.2) is 13.0 Å². The summed E-state index contributed by atoms with van der Waals surface area (Å²) >= 11 is 5.95. The number of halogens is 2. The first-order valence-electron chi connectivity index (χ1n) is 8.12. The summed E-state index contributed by atoms with van der Waals surface area (Å²) in [5.74, 6) is 0.217. The summed E-state index contributed by atoms with van der Waals surface area (Å²) in [4.78, 5) is 12.5. The topological polar surface area (TPSA) is 75.3 Å². The Morgan fingerprint density at radius 1 is 1.21 bits per heavy atom. The predicted octanol–water partition coefficient (Wildman–Crippen LogP) is 5.29. The van der Waals surface area contributed by atoms with Crippen molar-refractivity contribution in [3.8, 4) is 23.1 Å². The Kier molecular flexibility index (Phi) is 5.78. The first-order chi connectivity index (χ1) is 13.5. The van der Waals surface area contributed by atoms with Crippen molar-refractivity contribution in [1.82, 2.24) is 0 Å². The number of rotatable bonds is 5. The predicted molar refractivity (Wildman–Crippen MR) is 104 cm³/mol. The fourth-order valence-electron chi connectivity index (χ4n) is 2.46. The minimum atomic E-state index is -0.636. The molecule has 0 aliphatic carbocycles. The zero-order chi connectivity index (χ0) is 20.1. The van der Waals surface area contributed by atoms with Crippen LogP contribution in [0.1, 0.15) is 5.76 Å². The number of hydrogen-bond donors (Lipinski definition) is 1. The molecule has 28 heavy (non-hydrogen) atoms. The van der Waals surface area contributed by atoms with Crippen molar-refractivity contribution in [3.05, 3.63) is 76.8 Å². The Morgan fingerprint density at radius 3 is 2.64 bits per heavy atom. The summed E-state index contributed by atoms with van der Waals surface area (Å²) in [5, 5.41) is 12.4. The third kappa shape index (κ3) is 4.40. The van der Waals surface area contributed by atoms with Crippen molar-refractivity contribution in [2.24, 2.45) is 0 Å². The third-order valence-electron chi connectivity index (χ3n) is 3.82. The number of nitrogens with one attached hydrogen (secondary N) is 1. The third-order valence-corrected chi connectivity index (χ3v) is 4.05. The van der Waals surface area contributed by atoms with Crippen LogP contribution in [0.25, 0.3) is 17.4 Å². The average molecular weight is 397 g/mol. The van der Waals surface area contributed by atoms with Crippen molar-refractivity contribution < 1.29 is 18.3 Å². The second-order valence-electron chi connectivity index (χ2n) is 5.68. The van der Waals surface area contributed by atoms with E-state index < -0.39 is 5.91 Å². The highest BCUT2D eigenvalue weighted by Gasteiger charge is 2.14. The van der Waals surface area contributed by atoms with Crippen LogP contribution in [0.4, 0.5) is 10.1 Å². The molecule has 0 spiro atoms. The SMILES string of the molecule is COc1ccc(Cl)cc1NC(=O)/C(C#N)=C/c1ccc(-c2ccc(F)cc2)o1. The molecule has 0 atom stereocenters. The van der Waals surface area contributed by atoms with Crippen molar-refractivity contribution >= 4 is 29.3 Å². The maximum Gasteiger partial charge on any atom is 0.266 e. The second-order valence-corrected chi connectivity index (χ2v) is 6.11. The molecule has 0 aliphatic heterocycles. The summed E-state index contributed by atoms with van der Waals surface area (Å²) in [6.07, 6.45) is 1.32. The van der Waals surface area contributed by atoms with Gasteiger partial charge in [-0.3, -0.25) is 4.79 Å². The van der Waals surface area contributed by atoms with Gasteiger partial charge in [-0.05, 0) is 54.6 Å². The quantitative estimate of drug-likeness (QED) is 0.469. The Balaban J connectivity index is 1.82. The van der Waals surface area contributed by atoms with Gasteiger partial charge in [-0.15, -0.1) is 0 Å². The molecule has 0 bridgehead atoms. The minimum absolute atomic E-state index is 0.165. The van der Waals surface area contributed by atoms with E-state index in [1.807, 2.05) is 6.07 Å². The molecule has 7 heteroatoms. The summed E-state index contributed by atoms with van der Waals surface area (Å²) in [6, 6.07) is 15.7. The maximum atomic E-state index is 13.0. The van der Waals surface area contributed by atoms with Gasteiger partial charge < -0.3 is 14.5 Å². The van der Waals surface area contributed by atoms with Gasteiger partial charge in [0.05, 0.1) is 12.8 Å². The van der Waals surface area contributed by atoms with Gasteiger partial charge in [0.2, 0.25) is 0 Å². The number of benzene rings is 2. The molecule has 0 aliphatic rings. The number of anilines is 1.